The van der Waals surface area contributed by atoms with Crippen molar-refractivity contribution in [1.82, 2.24) is 29.7 Å². The van der Waals surface area contributed by atoms with Crippen molar-refractivity contribution in [2.24, 2.45) is 0 Å². The normalized spacial score (nSPS) is 11.9. The van der Waals surface area contributed by atoms with Crippen molar-refractivity contribution in [2.75, 3.05) is 10.9 Å². The first-order valence-electron chi connectivity index (χ1n) is 9.07. The Morgan fingerprint density at radius 2 is 1.10 bits per heavy atom. The summed E-state index contributed by atoms with van der Waals surface area (Å²) in [5, 5.41) is 16.1. The number of hydrogen-bond acceptors (Lipinski definition) is 8. The smallest absolute Gasteiger partial charge is 0.427 e. The van der Waals surface area contributed by atoms with E-state index in [1.807, 2.05) is 0 Å². The summed E-state index contributed by atoms with van der Waals surface area (Å²) in [6, 6.07) is 0. The first-order valence-corrected chi connectivity index (χ1v) is 9.07. The van der Waals surface area contributed by atoms with Crippen LogP contribution in [0.1, 0.15) is 64.8 Å². The number of rotatable bonds is 4. The van der Waals surface area contributed by atoms with Gasteiger partial charge in [0, 0.05) is 0 Å². The molecule has 0 unspecified atom stereocenters. The monoisotopic (exact) mass is 408 g/mol. The van der Waals surface area contributed by atoms with E-state index in [1.165, 1.54) is 9.35 Å². The lowest BCUT2D eigenvalue weighted by molar-refractivity contribution is 0.0601. The average molecular weight is 408 g/mol. The quantitative estimate of drug-likeness (QED) is 0.784. The van der Waals surface area contributed by atoms with E-state index in [1.54, 1.807) is 55.4 Å². The van der Waals surface area contributed by atoms with Crippen LogP contribution in [0.5, 0.6) is 0 Å². The highest BCUT2D eigenvalue weighted by atomic mass is 16.6. The fourth-order valence-electron chi connectivity index (χ4n) is 2.26. The minimum atomic E-state index is -0.652. The molecule has 0 saturated carbocycles. The molecule has 2 aromatic heterocycles. The largest absolute Gasteiger partial charge is 0.443 e. The van der Waals surface area contributed by atoms with Gasteiger partial charge in [0.05, 0.1) is 6.42 Å². The molecule has 12 heteroatoms. The maximum Gasteiger partial charge on any atom is 0.427 e. The second-order valence-electron chi connectivity index (χ2n) is 8.40. The molecule has 0 fully saturated rings. The molecule has 0 radical (unpaired) electrons. The van der Waals surface area contributed by atoms with E-state index in [-0.39, 0.29) is 6.42 Å². The number of amides is 2. The van der Waals surface area contributed by atoms with E-state index >= 15 is 0 Å². The molecule has 0 aromatic carbocycles. The number of aromatic nitrogens is 6. The molecule has 160 valence electrons. The molecule has 2 amide bonds. The molecule has 0 bridgehead atoms. The minimum absolute atomic E-state index is 0.132. The van der Waals surface area contributed by atoms with Gasteiger partial charge in [-0.3, -0.25) is 0 Å². The van der Waals surface area contributed by atoms with Gasteiger partial charge in [0.25, 0.3) is 0 Å². The van der Waals surface area contributed by atoms with Gasteiger partial charge in [0.15, 0.2) is 11.6 Å². The van der Waals surface area contributed by atoms with Crippen molar-refractivity contribution in [1.29, 1.82) is 0 Å². The van der Waals surface area contributed by atoms with Crippen molar-refractivity contribution in [3.8, 4) is 0 Å². The van der Waals surface area contributed by atoms with Gasteiger partial charge in [-0.25, -0.2) is 29.8 Å². The average Bonchev–Trinajstić information content (AvgIpc) is 3.02. The summed E-state index contributed by atoms with van der Waals surface area (Å²) >= 11 is 0. The molecular formula is C17H28N8O4. The third kappa shape index (κ3) is 6.43. The second kappa shape index (κ2) is 8.05. The molecule has 2 heterocycles. The Kier molecular flexibility index (Phi) is 6.14. The maximum absolute atomic E-state index is 12.1. The Bertz CT molecular complexity index is 816. The summed E-state index contributed by atoms with van der Waals surface area (Å²) in [5.74, 6) is 1.67. The molecular weight excluding hydrogens is 380 g/mol. The Hall–Kier alpha value is -3.18. The van der Waals surface area contributed by atoms with E-state index in [0.29, 0.717) is 23.3 Å². The van der Waals surface area contributed by atoms with Crippen LogP contribution in [0.25, 0.3) is 0 Å². The zero-order chi connectivity index (χ0) is 22.0. The predicted octanol–water partition coefficient (Wildman–Crippen LogP) is 2.03. The van der Waals surface area contributed by atoms with E-state index in [2.05, 4.69) is 31.2 Å². The molecule has 2 N–H and O–H groups in total. The van der Waals surface area contributed by atoms with Crippen LogP contribution in [0.3, 0.4) is 0 Å². The van der Waals surface area contributed by atoms with Crippen molar-refractivity contribution in [3.63, 3.8) is 0 Å². The predicted molar refractivity (Wildman–Crippen MR) is 104 cm³/mol. The van der Waals surface area contributed by atoms with Gasteiger partial charge >= 0.3 is 12.2 Å². The minimum Gasteiger partial charge on any atom is -0.443 e. The summed E-state index contributed by atoms with van der Waals surface area (Å²) in [5.41, 5.74) is 3.89. The zero-order valence-corrected chi connectivity index (χ0v) is 18.0. The molecule has 2 rings (SSSR count). The van der Waals surface area contributed by atoms with Gasteiger partial charge in [-0.05, 0) is 55.4 Å². The summed E-state index contributed by atoms with van der Waals surface area (Å²) < 4.78 is 13.3. The summed E-state index contributed by atoms with van der Waals surface area (Å²) in [4.78, 5) is 24.2. The fourth-order valence-corrected chi connectivity index (χ4v) is 2.26. The highest BCUT2D eigenvalue weighted by molar-refractivity contribution is 5.76. The molecule has 29 heavy (non-hydrogen) atoms. The van der Waals surface area contributed by atoms with E-state index in [4.69, 9.17) is 9.47 Å². The molecule has 0 aliphatic carbocycles. The van der Waals surface area contributed by atoms with Gasteiger partial charge in [-0.15, -0.1) is 20.4 Å². The summed E-state index contributed by atoms with van der Waals surface area (Å²) in [7, 11) is 0. The van der Waals surface area contributed by atoms with Crippen molar-refractivity contribution < 1.29 is 19.1 Å². The Morgan fingerprint density at radius 3 is 1.41 bits per heavy atom. The van der Waals surface area contributed by atoms with Crippen LogP contribution in [0.4, 0.5) is 9.59 Å². The van der Waals surface area contributed by atoms with Crippen LogP contribution < -0.4 is 10.9 Å². The molecule has 12 nitrogen and oxygen atoms in total. The van der Waals surface area contributed by atoms with Gasteiger partial charge in [0.1, 0.15) is 22.9 Å². The molecule has 0 atom stereocenters. The number of carbonyl (C=O) groups is 2. The SMILES string of the molecule is Cc1nnc(Cc2nnc(C)n2NC(=O)OC(C)(C)C)n1NC(=O)OC(C)(C)C. The lowest BCUT2D eigenvalue weighted by Gasteiger charge is -2.21. The van der Waals surface area contributed by atoms with Gasteiger partial charge < -0.3 is 9.47 Å². The standard InChI is InChI=1S/C17H28N8O4/c1-10-18-20-12(24(10)22-14(26)28-16(3,4)5)9-13-21-19-11(2)25(13)23-15(27)29-17(6,7)8/h9H2,1-8H3,(H,22,26)(H,23,27). The third-order valence-electron chi connectivity index (χ3n) is 3.30. The van der Waals surface area contributed by atoms with Crippen LogP contribution in [0, 0.1) is 13.8 Å². The van der Waals surface area contributed by atoms with Gasteiger partial charge in [0.2, 0.25) is 0 Å². The number of carbonyl (C=O) groups excluding carboxylic acids is 2. The Morgan fingerprint density at radius 1 is 0.759 bits per heavy atom. The van der Waals surface area contributed by atoms with Crippen molar-refractivity contribution >= 4 is 12.2 Å². The van der Waals surface area contributed by atoms with Crippen LogP contribution in [0.2, 0.25) is 0 Å². The van der Waals surface area contributed by atoms with Crippen molar-refractivity contribution in [3.05, 3.63) is 23.3 Å². The molecule has 0 saturated heterocycles. The van der Waals surface area contributed by atoms with E-state index < -0.39 is 23.4 Å². The Labute approximate surface area is 168 Å². The fraction of sp³-hybridized carbons (Fsp3) is 0.647. The van der Waals surface area contributed by atoms with Crippen molar-refractivity contribution in [2.45, 2.75) is 73.0 Å². The van der Waals surface area contributed by atoms with Gasteiger partial charge in [-0.1, -0.05) is 0 Å². The highest BCUT2D eigenvalue weighted by Gasteiger charge is 2.22. The summed E-state index contributed by atoms with van der Waals surface area (Å²) in [6.45, 7) is 14.0. The maximum atomic E-state index is 12.1. The van der Waals surface area contributed by atoms with E-state index in [9.17, 15) is 9.59 Å². The number of aryl methyl sites for hydroxylation is 2. The number of hydrogen-bond donors (Lipinski definition) is 2. The molecule has 0 aliphatic rings. The summed E-state index contributed by atoms with van der Waals surface area (Å²) in [6.07, 6.45) is -1.16. The molecule has 2 aromatic rings. The van der Waals surface area contributed by atoms with Crippen LogP contribution in [-0.4, -0.2) is 53.1 Å². The topological polar surface area (TPSA) is 138 Å². The van der Waals surface area contributed by atoms with E-state index in [0.717, 1.165) is 0 Å². The van der Waals surface area contributed by atoms with Gasteiger partial charge in [-0.2, -0.15) is 0 Å². The molecule has 0 aliphatic heterocycles. The second-order valence-corrected chi connectivity index (χ2v) is 8.40. The Balaban J connectivity index is 2.19. The lowest BCUT2D eigenvalue weighted by atomic mass is 10.2. The molecule has 0 spiro atoms. The number of nitrogens with zero attached hydrogens (tertiary/aromatic N) is 6. The van der Waals surface area contributed by atoms with Crippen LogP contribution in [0.15, 0.2) is 0 Å². The first kappa shape index (κ1) is 22.1. The number of ether oxygens (including phenoxy) is 2. The number of nitrogens with one attached hydrogen (secondary N) is 2. The van der Waals surface area contributed by atoms with Crippen LogP contribution >= 0.6 is 0 Å². The lowest BCUT2D eigenvalue weighted by Crippen LogP contribution is -2.34. The van der Waals surface area contributed by atoms with Crippen LogP contribution in [-0.2, 0) is 15.9 Å². The zero-order valence-electron chi connectivity index (χ0n) is 18.0. The highest BCUT2D eigenvalue weighted by Crippen LogP contribution is 2.11. The third-order valence-corrected chi connectivity index (χ3v) is 3.30. The first-order chi connectivity index (χ1) is 13.2.